The standard InChI is InChI=1S/C28H37NO3S/c30-27(28(31,26-13-8-16-33-26)24-11-6-1-2-7-12-24)32-20-25-22-14-15-23(25)19-29(18-22)17-21-9-4-3-5-10-21/h3-5,8-10,13,16,22-25,31H,1-2,6-7,11-12,14-15,17-20H2. The number of benzene rings is 1. The number of esters is 1. The van der Waals surface area contributed by atoms with Gasteiger partial charge in [0.25, 0.3) is 0 Å². The zero-order valence-corrected chi connectivity index (χ0v) is 20.3. The fourth-order valence-electron chi connectivity index (χ4n) is 6.62. The monoisotopic (exact) mass is 467 g/mol. The van der Waals surface area contributed by atoms with Crippen molar-refractivity contribution in [2.24, 2.45) is 23.7 Å². The number of nitrogens with zero attached hydrogens (tertiary/aromatic N) is 1. The predicted molar refractivity (Wildman–Crippen MR) is 132 cm³/mol. The van der Waals surface area contributed by atoms with Gasteiger partial charge in [-0.25, -0.2) is 4.79 Å². The van der Waals surface area contributed by atoms with Gasteiger partial charge in [-0.3, -0.25) is 4.90 Å². The van der Waals surface area contributed by atoms with Crippen LogP contribution in [-0.4, -0.2) is 35.7 Å². The number of piperidine rings is 1. The third-order valence-electron chi connectivity index (χ3n) is 8.41. The Hall–Kier alpha value is -1.69. The van der Waals surface area contributed by atoms with Gasteiger partial charge < -0.3 is 9.84 Å². The Kier molecular flexibility index (Phi) is 7.19. The van der Waals surface area contributed by atoms with Crippen molar-refractivity contribution in [3.05, 3.63) is 58.3 Å². The third-order valence-corrected chi connectivity index (χ3v) is 9.41. The zero-order valence-electron chi connectivity index (χ0n) is 19.5. The van der Waals surface area contributed by atoms with E-state index in [9.17, 15) is 9.90 Å². The van der Waals surface area contributed by atoms with E-state index in [1.165, 1.54) is 42.6 Å². The maximum absolute atomic E-state index is 13.5. The molecule has 2 aromatic rings. The Balaban J connectivity index is 1.23. The average molecular weight is 468 g/mol. The van der Waals surface area contributed by atoms with Crippen LogP contribution in [0.5, 0.6) is 0 Å². The van der Waals surface area contributed by atoms with E-state index in [-0.39, 0.29) is 5.92 Å². The Morgan fingerprint density at radius 3 is 2.30 bits per heavy atom. The van der Waals surface area contributed by atoms with Gasteiger partial charge >= 0.3 is 5.97 Å². The summed E-state index contributed by atoms with van der Waals surface area (Å²) in [5, 5.41) is 13.8. The van der Waals surface area contributed by atoms with Crippen LogP contribution in [-0.2, 0) is 21.7 Å². The number of ether oxygens (including phenoxy) is 1. The van der Waals surface area contributed by atoms with Crippen LogP contribution in [0.2, 0.25) is 0 Å². The van der Waals surface area contributed by atoms with Gasteiger partial charge in [-0.1, -0.05) is 62.1 Å². The molecule has 0 amide bonds. The highest BCUT2D eigenvalue weighted by molar-refractivity contribution is 7.10. The zero-order chi connectivity index (χ0) is 22.7. The maximum atomic E-state index is 13.5. The first-order valence-electron chi connectivity index (χ1n) is 12.8. The van der Waals surface area contributed by atoms with Crippen molar-refractivity contribution in [3.63, 3.8) is 0 Å². The molecule has 2 heterocycles. The first-order valence-corrected chi connectivity index (χ1v) is 13.7. The smallest absolute Gasteiger partial charge is 0.344 e. The van der Waals surface area contributed by atoms with E-state index in [0.717, 1.165) is 50.2 Å². The van der Waals surface area contributed by atoms with Crippen molar-refractivity contribution in [1.29, 1.82) is 0 Å². The number of fused-ring (bicyclic) bond motifs is 2. The van der Waals surface area contributed by atoms with Gasteiger partial charge in [0.15, 0.2) is 5.60 Å². The number of likely N-dealkylation sites (tertiary alicyclic amines) is 1. The molecule has 1 aromatic heterocycles. The van der Waals surface area contributed by atoms with Crippen molar-refractivity contribution in [3.8, 4) is 0 Å². The average Bonchev–Trinajstić information content (AvgIpc) is 3.34. The van der Waals surface area contributed by atoms with Crippen molar-refractivity contribution in [2.75, 3.05) is 19.7 Å². The lowest BCUT2D eigenvalue weighted by atomic mass is 9.80. The molecular weight excluding hydrogens is 430 g/mol. The minimum absolute atomic E-state index is 0.0457. The second-order valence-electron chi connectivity index (χ2n) is 10.5. The van der Waals surface area contributed by atoms with Gasteiger partial charge in [-0.05, 0) is 54.5 Å². The fraction of sp³-hybridized carbons (Fsp3) is 0.607. The van der Waals surface area contributed by atoms with Crippen LogP contribution in [0.25, 0.3) is 0 Å². The summed E-state index contributed by atoms with van der Waals surface area (Å²) in [6.07, 6.45) is 8.77. The molecule has 0 spiro atoms. The molecule has 5 rings (SSSR count). The van der Waals surface area contributed by atoms with Crippen molar-refractivity contribution >= 4 is 17.3 Å². The highest BCUT2D eigenvalue weighted by Gasteiger charge is 2.49. The summed E-state index contributed by atoms with van der Waals surface area (Å²) in [4.78, 5) is 16.8. The van der Waals surface area contributed by atoms with Crippen LogP contribution in [0.3, 0.4) is 0 Å². The fourth-order valence-corrected chi connectivity index (χ4v) is 7.51. The largest absolute Gasteiger partial charge is 0.463 e. The molecule has 2 saturated carbocycles. The summed E-state index contributed by atoms with van der Waals surface area (Å²) in [5.41, 5.74) is -0.128. The third kappa shape index (κ3) is 4.91. The van der Waals surface area contributed by atoms with Gasteiger partial charge in [-0.15, -0.1) is 11.3 Å². The molecule has 3 fully saturated rings. The molecule has 3 atom stereocenters. The van der Waals surface area contributed by atoms with Gasteiger partial charge in [0.05, 0.1) is 6.61 Å². The molecule has 178 valence electrons. The number of carbonyl (C=O) groups is 1. The van der Waals surface area contributed by atoms with E-state index in [1.807, 2.05) is 17.5 Å². The molecule has 33 heavy (non-hydrogen) atoms. The Morgan fingerprint density at radius 2 is 1.67 bits per heavy atom. The van der Waals surface area contributed by atoms with Crippen molar-refractivity contribution < 1.29 is 14.6 Å². The van der Waals surface area contributed by atoms with Crippen LogP contribution in [0.4, 0.5) is 0 Å². The van der Waals surface area contributed by atoms with Crippen LogP contribution in [0, 0.1) is 23.7 Å². The Morgan fingerprint density at radius 1 is 0.970 bits per heavy atom. The lowest BCUT2D eigenvalue weighted by Gasteiger charge is -2.39. The topological polar surface area (TPSA) is 49.8 Å². The van der Waals surface area contributed by atoms with E-state index < -0.39 is 11.6 Å². The molecule has 3 unspecified atom stereocenters. The van der Waals surface area contributed by atoms with Gasteiger partial charge in [0.1, 0.15) is 0 Å². The van der Waals surface area contributed by atoms with Crippen LogP contribution < -0.4 is 0 Å². The molecule has 2 aliphatic carbocycles. The summed E-state index contributed by atoms with van der Waals surface area (Å²) in [5.74, 6) is 1.11. The van der Waals surface area contributed by atoms with Gasteiger partial charge in [0.2, 0.25) is 0 Å². The summed E-state index contributed by atoms with van der Waals surface area (Å²) in [7, 11) is 0. The van der Waals surface area contributed by atoms with Crippen molar-refractivity contribution in [2.45, 2.75) is 63.5 Å². The normalized spacial score (nSPS) is 28.2. The van der Waals surface area contributed by atoms with E-state index in [0.29, 0.717) is 24.4 Å². The summed E-state index contributed by atoms with van der Waals surface area (Å²) >= 11 is 1.48. The second kappa shape index (κ2) is 10.3. The molecule has 1 aliphatic heterocycles. The quantitative estimate of drug-likeness (QED) is 0.425. The molecule has 1 aromatic carbocycles. The van der Waals surface area contributed by atoms with Crippen LogP contribution in [0.15, 0.2) is 47.8 Å². The highest BCUT2D eigenvalue weighted by atomic mass is 32.1. The molecule has 1 saturated heterocycles. The Labute approximate surface area is 202 Å². The summed E-state index contributed by atoms with van der Waals surface area (Å²) in [6, 6.07) is 14.5. The molecule has 4 nitrogen and oxygen atoms in total. The molecule has 0 radical (unpaired) electrons. The van der Waals surface area contributed by atoms with Gasteiger partial charge in [-0.2, -0.15) is 0 Å². The highest BCUT2D eigenvalue weighted by Crippen LogP contribution is 2.44. The number of carbonyl (C=O) groups excluding carboxylic acids is 1. The van der Waals surface area contributed by atoms with Crippen LogP contribution >= 0.6 is 11.3 Å². The number of hydrogen-bond donors (Lipinski definition) is 1. The number of thiophene rings is 1. The van der Waals surface area contributed by atoms with E-state index in [2.05, 4.69) is 35.2 Å². The number of hydrogen-bond acceptors (Lipinski definition) is 5. The summed E-state index contributed by atoms with van der Waals surface area (Å²) < 4.78 is 6.00. The van der Waals surface area contributed by atoms with Crippen molar-refractivity contribution in [1.82, 2.24) is 4.90 Å². The number of aliphatic hydroxyl groups is 1. The Bertz CT molecular complexity index is 879. The number of rotatable bonds is 7. The lowest BCUT2D eigenvalue weighted by molar-refractivity contribution is -0.177. The first kappa shape index (κ1) is 23.1. The lowest BCUT2D eigenvalue weighted by Crippen LogP contribution is -2.46. The van der Waals surface area contributed by atoms with E-state index in [4.69, 9.17) is 4.74 Å². The minimum Gasteiger partial charge on any atom is -0.463 e. The second-order valence-corrected chi connectivity index (χ2v) is 11.4. The predicted octanol–water partition coefficient (Wildman–Crippen LogP) is 5.61. The molecule has 3 aliphatic rings. The first-order chi connectivity index (χ1) is 16.1. The van der Waals surface area contributed by atoms with Gasteiger partial charge in [0, 0.05) is 36.3 Å². The van der Waals surface area contributed by atoms with E-state index in [1.54, 1.807) is 0 Å². The van der Waals surface area contributed by atoms with Crippen LogP contribution in [0.1, 0.15) is 61.8 Å². The summed E-state index contributed by atoms with van der Waals surface area (Å²) in [6.45, 7) is 3.60. The maximum Gasteiger partial charge on any atom is 0.344 e. The molecule has 2 bridgehead atoms. The molecule has 5 heteroatoms. The molecule has 1 N–H and O–H groups in total. The minimum atomic E-state index is -1.49. The van der Waals surface area contributed by atoms with E-state index >= 15 is 0 Å². The molecular formula is C28H37NO3S. The SMILES string of the molecule is O=C(OCC1C2CCC1CN(Cc1ccccc1)C2)C(O)(c1cccs1)C1CCCCCC1.